The van der Waals surface area contributed by atoms with Crippen molar-refractivity contribution in [1.29, 1.82) is 0 Å². The Balaban J connectivity index is 1.50. The van der Waals surface area contributed by atoms with Crippen molar-refractivity contribution in [2.45, 2.75) is 64.5 Å². The topological polar surface area (TPSA) is 96.5 Å². The molecule has 0 unspecified atom stereocenters. The molecule has 0 aromatic carbocycles. The molecule has 0 bridgehead atoms. The van der Waals surface area contributed by atoms with E-state index in [1.807, 2.05) is 0 Å². The van der Waals surface area contributed by atoms with Gasteiger partial charge in [-0.2, -0.15) is 0 Å². The van der Waals surface area contributed by atoms with Crippen molar-refractivity contribution in [2.75, 3.05) is 25.0 Å². The zero-order valence-electron chi connectivity index (χ0n) is 16.3. The van der Waals surface area contributed by atoms with Crippen molar-refractivity contribution in [3.8, 4) is 0 Å². The molecule has 1 saturated carbocycles. The summed E-state index contributed by atoms with van der Waals surface area (Å²) in [6.07, 6.45) is 5.68. The molecule has 150 valence electrons. The summed E-state index contributed by atoms with van der Waals surface area (Å²) in [6.45, 7) is 8.36. The van der Waals surface area contributed by atoms with Crippen LogP contribution in [0.3, 0.4) is 0 Å². The first kappa shape index (κ1) is 20.0. The minimum Gasteiger partial charge on any atom is -0.444 e. The molecular weight excluding hydrogens is 366 g/mol. The minimum atomic E-state index is -0.619. The fourth-order valence-electron chi connectivity index (χ4n) is 3.75. The number of hydrogen-bond donors (Lipinski definition) is 2. The van der Waals surface area contributed by atoms with Crippen molar-refractivity contribution < 1.29 is 14.3 Å². The van der Waals surface area contributed by atoms with Crippen LogP contribution in [0.4, 0.5) is 9.80 Å². The van der Waals surface area contributed by atoms with E-state index in [-0.39, 0.29) is 17.6 Å². The molecule has 27 heavy (non-hydrogen) atoms. The molecule has 1 aromatic heterocycles. The predicted octanol–water partition coefficient (Wildman–Crippen LogP) is 2.88. The lowest BCUT2D eigenvalue weighted by molar-refractivity contribution is 0.0636. The second kappa shape index (κ2) is 8.52. The third-order valence-corrected chi connectivity index (χ3v) is 5.56. The molecule has 0 radical (unpaired) electrons. The van der Waals surface area contributed by atoms with Crippen molar-refractivity contribution in [3.63, 3.8) is 0 Å². The summed E-state index contributed by atoms with van der Waals surface area (Å²) in [4.78, 5) is 27.0. The lowest BCUT2D eigenvalue weighted by Gasteiger charge is -2.20. The molecule has 2 N–H and O–H groups in total. The normalized spacial score (nSPS) is 21.4. The number of amides is 2. The molecule has 1 saturated heterocycles. The summed E-state index contributed by atoms with van der Waals surface area (Å²) in [5.41, 5.74) is -0.475. The van der Waals surface area contributed by atoms with Crippen LogP contribution in [-0.4, -0.2) is 57.8 Å². The SMILES string of the molecule is CC(C)(C)OC(=O)Nc1snnc1C(=O)N[C@H]1CCN(CC2CCCC2)C1. The van der Waals surface area contributed by atoms with Crippen LogP contribution in [0.25, 0.3) is 0 Å². The first-order valence-corrected chi connectivity index (χ1v) is 10.4. The Bertz CT molecular complexity index is 666. The number of nitrogens with one attached hydrogen (secondary N) is 2. The van der Waals surface area contributed by atoms with Gasteiger partial charge in [0.15, 0.2) is 10.7 Å². The van der Waals surface area contributed by atoms with E-state index in [2.05, 4.69) is 25.1 Å². The molecule has 2 aliphatic rings. The molecule has 2 fully saturated rings. The van der Waals surface area contributed by atoms with Gasteiger partial charge in [-0.05, 0) is 46.0 Å². The highest BCUT2D eigenvalue weighted by Gasteiger charge is 2.29. The standard InChI is InChI=1S/C18H29N5O3S/c1-18(2,3)26-17(25)20-16-14(21-22-27-16)15(24)19-13-8-9-23(11-13)10-12-6-4-5-7-12/h12-13H,4-11H2,1-3H3,(H,19,24)(H,20,25)/t13-/m0/s1. The van der Waals surface area contributed by atoms with E-state index >= 15 is 0 Å². The molecule has 0 spiro atoms. The fraction of sp³-hybridized carbons (Fsp3) is 0.778. The summed E-state index contributed by atoms with van der Waals surface area (Å²) in [5, 5.41) is 9.79. The van der Waals surface area contributed by atoms with Crippen molar-refractivity contribution in [3.05, 3.63) is 5.69 Å². The zero-order valence-corrected chi connectivity index (χ0v) is 17.1. The van der Waals surface area contributed by atoms with Gasteiger partial charge >= 0.3 is 6.09 Å². The average molecular weight is 396 g/mol. The van der Waals surface area contributed by atoms with Crippen LogP contribution in [-0.2, 0) is 4.74 Å². The van der Waals surface area contributed by atoms with Gasteiger partial charge in [0.25, 0.3) is 5.91 Å². The number of aromatic nitrogens is 2. The van der Waals surface area contributed by atoms with Crippen LogP contribution in [0.15, 0.2) is 0 Å². The number of carbonyl (C=O) groups excluding carboxylic acids is 2. The van der Waals surface area contributed by atoms with Gasteiger partial charge in [0.1, 0.15) is 5.60 Å². The first-order chi connectivity index (χ1) is 12.8. The molecule has 2 heterocycles. The number of likely N-dealkylation sites (tertiary alicyclic amines) is 1. The Kier molecular flexibility index (Phi) is 6.31. The highest BCUT2D eigenvalue weighted by atomic mass is 32.1. The van der Waals surface area contributed by atoms with Gasteiger partial charge in [0.05, 0.1) is 0 Å². The van der Waals surface area contributed by atoms with Crippen LogP contribution < -0.4 is 10.6 Å². The van der Waals surface area contributed by atoms with Crippen LogP contribution in [0.2, 0.25) is 0 Å². The van der Waals surface area contributed by atoms with Crippen LogP contribution >= 0.6 is 11.5 Å². The van der Waals surface area contributed by atoms with E-state index < -0.39 is 11.7 Å². The molecule has 9 heteroatoms. The highest BCUT2D eigenvalue weighted by Crippen LogP contribution is 2.27. The Morgan fingerprint density at radius 2 is 2.00 bits per heavy atom. The quantitative estimate of drug-likeness (QED) is 0.796. The van der Waals surface area contributed by atoms with Gasteiger partial charge in [0, 0.05) is 37.2 Å². The van der Waals surface area contributed by atoms with Gasteiger partial charge in [0.2, 0.25) is 0 Å². The molecular formula is C18H29N5O3S. The number of rotatable bonds is 5. The summed E-state index contributed by atoms with van der Waals surface area (Å²) in [6, 6.07) is 0.106. The highest BCUT2D eigenvalue weighted by molar-refractivity contribution is 7.10. The van der Waals surface area contributed by atoms with Gasteiger partial charge in [-0.25, -0.2) is 4.79 Å². The average Bonchev–Trinajstić information content (AvgIpc) is 3.28. The summed E-state index contributed by atoms with van der Waals surface area (Å²) in [5.74, 6) is 0.509. The molecule has 3 rings (SSSR count). The number of nitrogens with zero attached hydrogens (tertiary/aromatic N) is 3. The Morgan fingerprint density at radius 1 is 1.26 bits per heavy atom. The monoisotopic (exact) mass is 395 g/mol. The van der Waals surface area contributed by atoms with E-state index in [9.17, 15) is 9.59 Å². The second-order valence-electron chi connectivity index (χ2n) is 8.45. The Morgan fingerprint density at radius 3 is 2.70 bits per heavy atom. The van der Waals surface area contributed by atoms with Crippen LogP contribution in [0, 0.1) is 5.92 Å². The van der Waals surface area contributed by atoms with Crippen molar-refractivity contribution >= 4 is 28.5 Å². The predicted molar refractivity (Wildman–Crippen MR) is 104 cm³/mol. The number of ether oxygens (including phenoxy) is 1. The second-order valence-corrected chi connectivity index (χ2v) is 9.20. The molecule has 1 aliphatic carbocycles. The number of carbonyl (C=O) groups is 2. The Labute approximate surface area is 164 Å². The molecule has 1 atom stereocenters. The van der Waals surface area contributed by atoms with E-state index in [1.165, 1.54) is 25.7 Å². The van der Waals surface area contributed by atoms with E-state index in [1.54, 1.807) is 20.8 Å². The smallest absolute Gasteiger partial charge is 0.412 e. The van der Waals surface area contributed by atoms with E-state index in [0.29, 0.717) is 5.00 Å². The van der Waals surface area contributed by atoms with Crippen LogP contribution in [0.5, 0.6) is 0 Å². The lowest BCUT2D eigenvalue weighted by atomic mass is 10.1. The molecule has 2 amide bonds. The maximum Gasteiger partial charge on any atom is 0.412 e. The van der Waals surface area contributed by atoms with Gasteiger partial charge in [-0.1, -0.05) is 17.3 Å². The number of anilines is 1. The molecule has 1 aromatic rings. The van der Waals surface area contributed by atoms with Gasteiger partial charge < -0.3 is 15.0 Å². The maximum absolute atomic E-state index is 12.6. The third kappa shape index (κ3) is 5.87. The van der Waals surface area contributed by atoms with Crippen molar-refractivity contribution in [1.82, 2.24) is 19.8 Å². The summed E-state index contributed by atoms with van der Waals surface area (Å²) in [7, 11) is 0. The van der Waals surface area contributed by atoms with Gasteiger partial charge in [-0.3, -0.25) is 10.1 Å². The zero-order chi connectivity index (χ0) is 19.4. The lowest BCUT2D eigenvalue weighted by Crippen LogP contribution is -2.38. The van der Waals surface area contributed by atoms with Gasteiger partial charge in [-0.15, -0.1) is 5.10 Å². The third-order valence-electron chi connectivity index (χ3n) is 4.92. The Hall–Kier alpha value is -1.74. The van der Waals surface area contributed by atoms with E-state index in [0.717, 1.165) is 43.5 Å². The van der Waals surface area contributed by atoms with Crippen molar-refractivity contribution in [2.24, 2.45) is 5.92 Å². The number of hydrogen-bond acceptors (Lipinski definition) is 7. The summed E-state index contributed by atoms with van der Waals surface area (Å²) >= 11 is 0.968. The van der Waals surface area contributed by atoms with Crippen LogP contribution in [0.1, 0.15) is 63.4 Å². The fourth-order valence-corrected chi connectivity index (χ4v) is 4.30. The maximum atomic E-state index is 12.6. The molecule has 8 nitrogen and oxygen atoms in total. The first-order valence-electron chi connectivity index (χ1n) is 9.66. The minimum absolute atomic E-state index is 0.106. The van der Waals surface area contributed by atoms with E-state index in [4.69, 9.17) is 4.74 Å². The largest absolute Gasteiger partial charge is 0.444 e. The summed E-state index contributed by atoms with van der Waals surface area (Å²) < 4.78 is 9.02. The molecule has 1 aliphatic heterocycles.